The van der Waals surface area contributed by atoms with Crippen molar-refractivity contribution in [1.29, 1.82) is 0 Å². The number of hydrogen-bond donors (Lipinski definition) is 0. The van der Waals surface area contributed by atoms with Crippen molar-refractivity contribution in [3.05, 3.63) is 0 Å². The summed E-state index contributed by atoms with van der Waals surface area (Å²) in [6.07, 6.45) is 12.7. The fraction of sp³-hybridized carbons (Fsp3) is 1.00. The standard InChI is InChI=1S/C17H41N2P2S2.ClH/c1-8-11-14-20(15-12-9-2,16-13-10-3)17-23-21(22,18(4)5)19(6)7;/h8-17H2,1-7H3;1H/q+1;/p-1. The van der Waals surface area contributed by atoms with Gasteiger partial charge in [-0.15, -0.1) is 0 Å². The van der Waals surface area contributed by atoms with Crippen LogP contribution in [0, 0.1) is 0 Å². The molecule has 24 heavy (non-hydrogen) atoms. The third-order valence-corrected chi connectivity index (χ3v) is 20.2. The molecule has 0 aromatic heterocycles. The maximum absolute atomic E-state index is 6.10. The SMILES string of the molecule is CCCC[P+](CCCC)(CCCC)CSP(=S)(N(C)C)N(C)C.[Cl-]. The summed E-state index contributed by atoms with van der Waals surface area (Å²) in [6.45, 7) is 7.02. The summed E-state index contributed by atoms with van der Waals surface area (Å²) in [5.74, 6) is 0. The molecular formula is C17H41ClN2P2S2. The van der Waals surface area contributed by atoms with Gasteiger partial charge in [-0.05, 0) is 47.5 Å². The van der Waals surface area contributed by atoms with Gasteiger partial charge >= 0.3 is 0 Å². The topological polar surface area (TPSA) is 6.48 Å². The Kier molecular flexibility index (Phi) is 17.0. The van der Waals surface area contributed by atoms with Crippen LogP contribution in [-0.4, -0.2) is 61.5 Å². The van der Waals surface area contributed by atoms with E-state index in [4.69, 9.17) is 11.8 Å². The van der Waals surface area contributed by atoms with Gasteiger partial charge in [-0.1, -0.05) is 63.2 Å². The van der Waals surface area contributed by atoms with Crippen molar-refractivity contribution in [2.24, 2.45) is 0 Å². The van der Waals surface area contributed by atoms with E-state index >= 15 is 0 Å². The Morgan fingerprint density at radius 1 is 0.792 bits per heavy atom. The van der Waals surface area contributed by atoms with Gasteiger partial charge in [0.25, 0.3) is 0 Å². The van der Waals surface area contributed by atoms with Crippen LogP contribution in [0.1, 0.15) is 59.3 Å². The molecule has 0 aromatic rings. The first kappa shape index (κ1) is 27.9. The van der Waals surface area contributed by atoms with E-state index in [0.717, 1.165) is 0 Å². The zero-order valence-corrected chi connectivity index (χ0v) is 21.2. The summed E-state index contributed by atoms with van der Waals surface area (Å²) in [7, 11) is 7.81. The molecule has 2 nitrogen and oxygen atoms in total. The van der Waals surface area contributed by atoms with Crippen LogP contribution in [0.2, 0.25) is 0 Å². The predicted molar refractivity (Wildman–Crippen MR) is 120 cm³/mol. The number of rotatable bonds is 14. The van der Waals surface area contributed by atoms with Gasteiger partial charge in [0.15, 0.2) is 0 Å². The molecule has 0 saturated heterocycles. The van der Waals surface area contributed by atoms with Crippen LogP contribution < -0.4 is 12.4 Å². The van der Waals surface area contributed by atoms with E-state index in [1.165, 1.54) is 62.5 Å². The minimum Gasteiger partial charge on any atom is -1.00 e. The normalized spacial score (nSPS) is 12.7. The van der Waals surface area contributed by atoms with Crippen molar-refractivity contribution in [3.8, 4) is 0 Å². The second-order valence-corrected chi connectivity index (χ2v) is 19.4. The Bertz CT molecular complexity index is 322. The molecule has 0 spiro atoms. The average molecular weight is 435 g/mol. The van der Waals surface area contributed by atoms with Crippen molar-refractivity contribution in [1.82, 2.24) is 9.34 Å². The Labute approximate surface area is 168 Å². The van der Waals surface area contributed by atoms with Gasteiger partial charge in [-0.25, -0.2) is 0 Å². The summed E-state index contributed by atoms with van der Waals surface area (Å²) < 4.78 is 4.61. The summed E-state index contributed by atoms with van der Waals surface area (Å²) >= 11 is 8.22. The number of nitrogens with zero attached hydrogens (tertiary/aromatic N) is 2. The third-order valence-electron chi connectivity index (χ3n) is 4.47. The van der Waals surface area contributed by atoms with E-state index in [-0.39, 0.29) is 12.4 Å². The van der Waals surface area contributed by atoms with Crippen LogP contribution in [0.4, 0.5) is 0 Å². The Morgan fingerprint density at radius 3 is 1.38 bits per heavy atom. The second-order valence-electron chi connectivity index (χ2n) is 7.02. The van der Waals surface area contributed by atoms with E-state index in [2.05, 4.69) is 69.7 Å². The fourth-order valence-corrected chi connectivity index (χ4v) is 17.0. The molecule has 0 fully saturated rings. The molecule has 0 heterocycles. The number of halogens is 1. The lowest BCUT2D eigenvalue weighted by Crippen LogP contribution is -3.00. The third kappa shape index (κ3) is 9.54. The highest BCUT2D eigenvalue weighted by Crippen LogP contribution is 2.71. The highest BCUT2D eigenvalue weighted by atomic mass is 35.5. The van der Waals surface area contributed by atoms with Gasteiger partial charge in [0.1, 0.15) is 11.0 Å². The van der Waals surface area contributed by atoms with Gasteiger partial charge in [0.2, 0.25) is 0 Å². The van der Waals surface area contributed by atoms with Crippen molar-refractivity contribution in [2.45, 2.75) is 59.3 Å². The van der Waals surface area contributed by atoms with Crippen LogP contribution in [0.15, 0.2) is 0 Å². The predicted octanol–water partition coefficient (Wildman–Crippen LogP) is 3.45. The molecule has 0 aromatic carbocycles. The number of hydrogen-bond acceptors (Lipinski definition) is 2. The van der Waals surface area contributed by atoms with Crippen molar-refractivity contribution >= 4 is 36.0 Å². The summed E-state index contributed by atoms with van der Waals surface area (Å²) in [6, 6.07) is 0. The summed E-state index contributed by atoms with van der Waals surface area (Å²) in [4.78, 5) is 0. The van der Waals surface area contributed by atoms with E-state index in [0.29, 0.717) is 0 Å². The van der Waals surface area contributed by atoms with E-state index in [1.54, 1.807) is 0 Å². The van der Waals surface area contributed by atoms with E-state index in [9.17, 15) is 0 Å². The Morgan fingerprint density at radius 2 is 1.12 bits per heavy atom. The molecule has 148 valence electrons. The molecule has 0 rings (SSSR count). The maximum atomic E-state index is 6.10. The van der Waals surface area contributed by atoms with Crippen molar-refractivity contribution in [3.63, 3.8) is 0 Å². The summed E-state index contributed by atoms with van der Waals surface area (Å²) in [5.41, 5.74) is -0.264. The minimum atomic E-state index is -1.61. The van der Waals surface area contributed by atoms with Crippen molar-refractivity contribution in [2.75, 3.05) is 52.2 Å². The highest BCUT2D eigenvalue weighted by Gasteiger charge is 2.38. The summed E-state index contributed by atoms with van der Waals surface area (Å²) in [5, 5.41) is 0. The van der Waals surface area contributed by atoms with E-state index < -0.39 is 12.8 Å². The van der Waals surface area contributed by atoms with Gasteiger partial charge < -0.3 is 12.4 Å². The van der Waals surface area contributed by atoms with E-state index in [1.807, 2.05) is 0 Å². The highest BCUT2D eigenvalue weighted by molar-refractivity contribution is 8.70. The Balaban J connectivity index is 0. The van der Waals surface area contributed by atoms with Gasteiger partial charge in [-0.2, -0.15) is 0 Å². The average Bonchev–Trinajstić information content (AvgIpc) is 2.52. The van der Waals surface area contributed by atoms with Crippen LogP contribution in [0.3, 0.4) is 0 Å². The molecule has 0 unspecified atom stereocenters. The maximum Gasteiger partial charge on any atom is 0.134 e. The lowest BCUT2D eigenvalue weighted by molar-refractivity contribution is -0.00000517. The molecule has 0 aliphatic carbocycles. The quantitative estimate of drug-likeness (QED) is 0.386. The van der Waals surface area contributed by atoms with Crippen LogP contribution >= 0.6 is 24.2 Å². The van der Waals surface area contributed by atoms with Crippen molar-refractivity contribution < 1.29 is 12.4 Å². The first-order valence-corrected chi connectivity index (χ1v) is 16.1. The zero-order chi connectivity index (χ0) is 17.9. The second kappa shape index (κ2) is 14.7. The van der Waals surface area contributed by atoms with Crippen LogP contribution in [0.5, 0.6) is 0 Å². The molecule has 0 aliphatic heterocycles. The lowest BCUT2D eigenvalue weighted by Gasteiger charge is -2.36. The molecule has 0 bridgehead atoms. The monoisotopic (exact) mass is 434 g/mol. The molecule has 0 amide bonds. The molecular weight excluding hydrogens is 394 g/mol. The molecule has 0 aliphatic rings. The smallest absolute Gasteiger partial charge is 0.134 e. The largest absolute Gasteiger partial charge is 1.00 e. The molecule has 0 atom stereocenters. The van der Waals surface area contributed by atoms with Crippen LogP contribution in [-0.2, 0) is 11.8 Å². The first-order valence-electron chi connectivity index (χ1n) is 9.23. The number of unbranched alkanes of at least 4 members (excludes halogenated alkanes) is 3. The molecule has 0 N–H and O–H groups in total. The minimum absolute atomic E-state index is 0. The molecule has 7 heteroatoms. The van der Waals surface area contributed by atoms with Gasteiger partial charge in [0, 0.05) is 7.26 Å². The van der Waals surface area contributed by atoms with Gasteiger partial charge in [-0.3, -0.25) is 9.34 Å². The Hall–Kier alpha value is 1.64. The zero-order valence-electron chi connectivity index (χ0n) is 17.1. The lowest BCUT2D eigenvalue weighted by atomic mass is 10.4. The van der Waals surface area contributed by atoms with Gasteiger partial charge in [0.05, 0.1) is 18.5 Å². The molecule has 0 saturated carbocycles. The van der Waals surface area contributed by atoms with Crippen LogP contribution in [0.25, 0.3) is 0 Å². The molecule has 0 radical (unpaired) electrons. The fourth-order valence-electron chi connectivity index (χ4n) is 2.80. The first-order chi connectivity index (χ1) is 10.8.